The van der Waals surface area contributed by atoms with Crippen LogP contribution in [0, 0.1) is 5.92 Å². The molecule has 14 heavy (non-hydrogen) atoms. The number of anilines is 1. The molecule has 0 bridgehead atoms. The van der Waals surface area contributed by atoms with Crippen molar-refractivity contribution in [3.8, 4) is 0 Å². The first-order valence-electron chi connectivity index (χ1n) is 4.67. The summed E-state index contributed by atoms with van der Waals surface area (Å²) in [7, 11) is 0. The minimum Gasteiger partial charge on any atom is -0.481 e. The molecule has 1 rings (SSSR count). The largest absolute Gasteiger partial charge is 0.481 e. The number of nitrogen functional groups attached to an aromatic ring is 1. The van der Waals surface area contributed by atoms with Gasteiger partial charge in [0, 0.05) is 5.69 Å². The summed E-state index contributed by atoms with van der Waals surface area (Å²) in [5.41, 5.74) is 7.50. The summed E-state index contributed by atoms with van der Waals surface area (Å²) in [6.45, 7) is 1.71. The van der Waals surface area contributed by atoms with E-state index in [9.17, 15) is 4.79 Å². The van der Waals surface area contributed by atoms with Gasteiger partial charge in [0.2, 0.25) is 0 Å². The zero-order valence-corrected chi connectivity index (χ0v) is 8.23. The lowest BCUT2D eigenvalue weighted by molar-refractivity contribution is -0.141. The highest BCUT2D eigenvalue weighted by atomic mass is 16.4. The molecule has 0 saturated carbocycles. The average molecular weight is 193 g/mol. The van der Waals surface area contributed by atoms with Gasteiger partial charge in [-0.2, -0.15) is 0 Å². The highest BCUT2D eigenvalue weighted by Gasteiger charge is 2.10. The van der Waals surface area contributed by atoms with Gasteiger partial charge in [0.05, 0.1) is 5.92 Å². The standard InChI is InChI=1S/C11H15NO2/c1-8(11(13)14)6-7-9-4-2-3-5-10(9)12/h2-5,8H,6-7,12H2,1H3,(H,13,14). The van der Waals surface area contributed by atoms with E-state index in [0.717, 1.165) is 17.7 Å². The van der Waals surface area contributed by atoms with Gasteiger partial charge < -0.3 is 10.8 Å². The molecule has 0 heterocycles. The first kappa shape index (κ1) is 10.6. The molecule has 1 unspecified atom stereocenters. The normalized spacial score (nSPS) is 12.4. The Balaban J connectivity index is 2.54. The number of carboxylic acid groups (broad SMARTS) is 1. The molecule has 0 radical (unpaired) electrons. The number of rotatable bonds is 4. The van der Waals surface area contributed by atoms with Gasteiger partial charge in [0.1, 0.15) is 0 Å². The van der Waals surface area contributed by atoms with Crippen molar-refractivity contribution in [2.45, 2.75) is 19.8 Å². The Morgan fingerprint density at radius 1 is 1.50 bits per heavy atom. The van der Waals surface area contributed by atoms with E-state index < -0.39 is 5.97 Å². The fourth-order valence-corrected chi connectivity index (χ4v) is 1.26. The first-order chi connectivity index (χ1) is 6.61. The van der Waals surface area contributed by atoms with Crippen LogP contribution in [0.15, 0.2) is 24.3 Å². The number of carbonyl (C=O) groups is 1. The number of hydrogen-bond donors (Lipinski definition) is 2. The van der Waals surface area contributed by atoms with E-state index in [2.05, 4.69) is 0 Å². The van der Waals surface area contributed by atoms with Gasteiger partial charge in [-0.1, -0.05) is 25.1 Å². The van der Waals surface area contributed by atoms with Crippen molar-refractivity contribution < 1.29 is 9.90 Å². The number of carboxylic acids is 1. The van der Waals surface area contributed by atoms with Crippen molar-refractivity contribution in [1.82, 2.24) is 0 Å². The van der Waals surface area contributed by atoms with Crippen molar-refractivity contribution in [2.75, 3.05) is 5.73 Å². The Morgan fingerprint density at radius 3 is 2.71 bits per heavy atom. The van der Waals surface area contributed by atoms with Gasteiger partial charge in [-0.15, -0.1) is 0 Å². The topological polar surface area (TPSA) is 63.3 Å². The molecule has 0 spiro atoms. The molecule has 3 nitrogen and oxygen atoms in total. The number of aryl methyl sites for hydroxylation is 1. The Labute approximate surface area is 83.6 Å². The molecule has 0 amide bonds. The third-order valence-electron chi connectivity index (χ3n) is 2.32. The summed E-state index contributed by atoms with van der Waals surface area (Å²) in [6, 6.07) is 7.56. The third kappa shape index (κ3) is 2.76. The molecule has 76 valence electrons. The monoisotopic (exact) mass is 193 g/mol. The molecule has 0 aromatic heterocycles. The minimum atomic E-state index is -0.750. The van der Waals surface area contributed by atoms with E-state index in [0.29, 0.717) is 6.42 Å². The van der Waals surface area contributed by atoms with E-state index in [4.69, 9.17) is 10.8 Å². The van der Waals surface area contributed by atoms with Crippen LogP contribution >= 0.6 is 0 Å². The van der Waals surface area contributed by atoms with Crippen LogP contribution in [0.25, 0.3) is 0 Å². The predicted molar refractivity (Wildman–Crippen MR) is 56.0 cm³/mol. The maximum absolute atomic E-state index is 10.6. The lowest BCUT2D eigenvalue weighted by Gasteiger charge is -2.07. The lowest BCUT2D eigenvalue weighted by atomic mass is 10.0. The van der Waals surface area contributed by atoms with Crippen LogP contribution in [0.3, 0.4) is 0 Å². The number of nitrogens with two attached hydrogens (primary N) is 1. The smallest absolute Gasteiger partial charge is 0.306 e. The van der Waals surface area contributed by atoms with E-state index in [1.54, 1.807) is 6.92 Å². The third-order valence-corrected chi connectivity index (χ3v) is 2.32. The molecule has 0 saturated heterocycles. The Hall–Kier alpha value is -1.51. The summed E-state index contributed by atoms with van der Waals surface area (Å²) in [5.74, 6) is -1.06. The Kier molecular flexibility index (Phi) is 3.51. The fraction of sp³-hybridized carbons (Fsp3) is 0.364. The van der Waals surface area contributed by atoms with Gasteiger partial charge in [-0.05, 0) is 24.5 Å². The molecular weight excluding hydrogens is 178 g/mol. The molecule has 3 heteroatoms. The van der Waals surface area contributed by atoms with Crippen molar-refractivity contribution >= 4 is 11.7 Å². The van der Waals surface area contributed by atoms with E-state index in [1.165, 1.54) is 0 Å². The molecule has 0 aliphatic rings. The molecular formula is C11H15NO2. The molecule has 1 aromatic rings. The SMILES string of the molecule is CC(CCc1ccccc1N)C(=O)O. The molecule has 1 aromatic carbocycles. The first-order valence-corrected chi connectivity index (χ1v) is 4.67. The Morgan fingerprint density at radius 2 is 2.14 bits per heavy atom. The maximum atomic E-state index is 10.6. The molecule has 1 atom stereocenters. The molecule has 0 aliphatic carbocycles. The summed E-state index contributed by atoms with van der Waals surface area (Å²) < 4.78 is 0. The summed E-state index contributed by atoms with van der Waals surface area (Å²) in [6.07, 6.45) is 1.35. The zero-order chi connectivity index (χ0) is 10.6. The van der Waals surface area contributed by atoms with Crippen LogP contribution in [0.2, 0.25) is 0 Å². The van der Waals surface area contributed by atoms with Crippen molar-refractivity contribution in [2.24, 2.45) is 5.92 Å². The van der Waals surface area contributed by atoms with Crippen LogP contribution in [0.1, 0.15) is 18.9 Å². The number of para-hydroxylation sites is 1. The second-order valence-electron chi connectivity index (χ2n) is 3.48. The van der Waals surface area contributed by atoms with Crippen molar-refractivity contribution in [1.29, 1.82) is 0 Å². The minimum absolute atomic E-state index is 0.311. The Bertz CT molecular complexity index is 323. The van der Waals surface area contributed by atoms with Crippen LogP contribution in [0.4, 0.5) is 5.69 Å². The van der Waals surface area contributed by atoms with E-state index in [-0.39, 0.29) is 5.92 Å². The van der Waals surface area contributed by atoms with Crippen LogP contribution < -0.4 is 5.73 Å². The summed E-state index contributed by atoms with van der Waals surface area (Å²) in [4.78, 5) is 10.6. The molecule has 3 N–H and O–H groups in total. The number of aliphatic carboxylic acids is 1. The quantitative estimate of drug-likeness (QED) is 0.718. The van der Waals surface area contributed by atoms with Gasteiger partial charge in [-0.25, -0.2) is 0 Å². The number of hydrogen-bond acceptors (Lipinski definition) is 2. The lowest BCUT2D eigenvalue weighted by Crippen LogP contribution is -2.10. The van der Waals surface area contributed by atoms with Crippen molar-refractivity contribution in [3.05, 3.63) is 29.8 Å². The highest BCUT2D eigenvalue weighted by molar-refractivity contribution is 5.69. The zero-order valence-electron chi connectivity index (χ0n) is 8.23. The average Bonchev–Trinajstić information content (AvgIpc) is 2.16. The predicted octanol–water partition coefficient (Wildman–Crippen LogP) is 1.92. The molecule has 0 aliphatic heterocycles. The van der Waals surface area contributed by atoms with Gasteiger partial charge in [0.25, 0.3) is 0 Å². The van der Waals surface area contributed by atoms with Gasteiger partial charge >= 0.3 is 5.97 Å². The second-order valence-corrected chi connectivity index (χ2v) is 3.48. The summed E-state index contributed by atoms with van der Waals surface area (Å²) in [5, 5.41) is 8.70. The van der Waals surface area contributed by atoms with Crippen LogP contribution in [-0.2, 0) is 11.2 Å². The summed E-state index contributed by atoms with van der Waals surface area (Å²) >= 11 is 0. The van der Waals surface area contributed by atoms with E-state index in [1.807, 2.05) is 24.3 Å². The second kappa shape index (κ2) is 4.65. The van der Waals surface area contributed by atoms with E-state index >= 15 is 0 Å². The fourth-order valence-electron chi connectivity index (χ4n) is 1.26. The van der Waals surface area contributed by atoms with Gasteiger partial charge in [-0.3, -0.25) is 4.79 Å². The van der Waals surface area contributed by atoms with Crippen molar-refractivity contribution in [3.63, 3.8) is 0 Å². The molecule has 0 fully saturated rings. The maximum Gasteiger partial charge on any atom is 0.306 e. The highest BCUT2D eigenvalue weighted by Crippen LogP contribution is 2.15. The van der Waals surface area contributed by atoms with Crippen LogP contribution in [-0.4, -0.2) is 11.1 Å². The van der Waals surface area contributed by atoms with Gasteiger partial charge in [0.15, 0.2) is 0 Å². The van der Waals surface area contributed by atoms with Crippen LogP contribution in [0.5, 0.6) is 0 Å². The number of benzene rings is 1.